The van der Waals surface area contributed by atoms with Crippen molar-refractivity contribution in [2.24, 2.45) is 0 Å². The van der Waals surface area contributed by atoms with E-state index in [9.17, 15) is 35.2 Å². The first-order chi connectivity index (χ1) is 50.8. The molecule has 7 aromatic rings. The number of thiocarbonyl (C=S) groups is 1. The van der Waals surface area contributed by atoms with Gasteiger partial charge in [-0.2, -0.15) is 12.9 Å². The van der Waals surface area contributed by atoms with E-state index in [1.807, 2.05) is 24.3 Å². The summed E-state index contributed by atoms with van der Waals surface area (Å²) in [6, 6.07) is 26.7. The molecular formula is C79H105Cl3N8O12S4Si3. The molecule has 0 radical (unpaired) electrons. The average molecular weight is 1680 g/mol. The van der Waals surface area contributed by atoms with Crippen molar-refractivity contribution in [3.63, 3.8) is 0 Å². The Hall–Kier alpha value is -5.03. The third kappa shape index (κ3) is 18.5. The van der Waals surface area contributed by atoms with Crippen molar-refractivity contribution in [2.45, 2.75) is 274 Å². The zero-order chi connectivity index (χ0) is 79.5. The topological polar surface area (TPSA) is 243 Å². The molecule has 13 rings (SSSR count). The number of carbonyl (C=O) groups excluding carboxylic acids is 1. The van der Waals surface area contributed by atoms with Crippen molar-refractivity contribution >= 4 is 113 Å². The maximum atomic E-state index is 14.6. The molecule has 0 spiro atoms. The fraction of sp³-hybridized carbons (Fsp3) is 0.519. The van der Waals surface area contributed by atoms with E-state index in [0.29, 0.717) is 46.3 Å². The molecule has 4 aromatic heterocycles. The number of nitrogens with zero attached hydrogens (tertiary/aromatic N) is 8. The van der Waals surface area contributed by atoms with Gasteiger partial charge >= 0.3 is 0 Å². The van der Waals surface area contributed by atoms with E-state index in [2.05, 4.69) is 122 Å². The standard InChI is InChI=1S/C29H37ClN4O4S2Si.C25H35ClN2O4SSi.C25H33ClN2O4SSi/c1-28(2,3)41(4,5)38-29(12-13-29)26-18-23(37-27(39)33-16-15-32-20-33)17-25(21-7-6-14-31-19-21)34(26)40(35,36)24-10-8-22(30)9-11-24;2*1-24(2,3)34(4,5)32-25(12-13-25)23-16-20(29)15-22(18-7-6-14-27-17-18)28(23)33(30,31)21-10-8-19(26)9-11-21/h6-11,14-16,19-20,23,25-26H,12-13,17-18H2,1-5H3;6-11,14,17,20,22-23,29H,12-13,15-16H2,1-5H3;6-11,14,17,22-23H,12-13,15-16H2,1-5H3/t23?,25-,26+;20?,22-,23+;22-,23+/m000/s1. The molecule has 6 fully saturated rings. The number of pyridine rings is 3. The van der Waals surface area contributed by atoms with Gasteiger partial charge in [0.1, 0.15) is 18.2 Å². The highest BCUT2D eigenvalue weighted by Gasteiger charge is 2.65. The van der Waals surface area contributed by atoms with E-state index in [1.54, 1.807) is 146 Å². The molecule has 3 saturated carbocycles. The number of sulfonamides is 3. The highest BCUT2D eigenvalue weighted by molar-refractivity contribution is 7.89. The Morgan fingerprint density at radius 3 is 1.14 bits per heavy atom. The summed E-state index contributed by atoms with van der Waals surface area (Å²) in [5, 5.41) is 12.6. The number of ether oxygens (including phenoxy) is 1. The molecule has 0 bridgehead atoms. The Bertz CT molecular complexity index is 4690. The van der Waals surface area contributed by atoms with Gasteiger partial charge in [-0.05, 0) is 226 Å². The van der Waals surface area contributed by atoms with Gasteiger partial charge in [0.05, 0.1) is 73.8 Å². The van der Waals surface area contributed by atoms with Gasteiger partial charge in [0.25, 0.3) is 5.17 Å². The van der Waals surface area contributed by atoms with Crippen LogP contribution in [0.25, 0.3) is 0 Å². The van der Waals surface area contributed by atoms with E-state index in [-0.39, 0.29) is 59.7 Å². The van der Waals surface area contributed by atoms with Crippen molar-refractivity contribution < 1.29 is 53.2 Å². The highest BCUT2D eigenvalue weighted by atomic mass is 35.5. The number of benzene rings is 3. The van der Waals surface area contributed by atoms with Crippen LogP contribution in [0.3, 0.4) is 0 Å². The summed E-state index contributed by atoms with van der Waals surface area (Å²) in [6.07, 6.45) is 20.4. The SMILES string of the molecule is CC(C)(C)[Si](C)(C)OC1([C@H]2CC(=O)C[C@@H](c3cccnc3)N2S(=O)(=O)c2ccc(Cl)cc2)CC1.CC(C)(C)[Si](C)(C)OC1([C@H]2CC(O)C[C@@H](c3cccnc3)N2S(=O)(=O)c2ccc(Cl)cc2)CC1.CC(C)(C)[Si](C)(C)OC1([C@H]2CC(OC(=S)n3ccnc3)C[C@@H](c3cccnc3)N2S(=O)(=O)c2ccc(Cl)cc2)CC1. The third-order valence-corrected chi connectivity index (χ3v) is 44.3. The summed E-state index contributed by atoms with van der Waals surface area (Å²) >= 11 is 23.8. The van der Waals surface area contributed by atoms with Crippen LogP contribution in [0.4, 0.5) is 0 Å². The number of hydrogen-bond acceptors (Lipinski definition) is 17. The summed E-state index contributed by atoms with van der Waals surface area (Å²) in [4.78, 5) is 30.5. The molecule has 3 aliphatic heterocycles. The number of aliphatic hydroxyl groups is 1. The first-order valence-corrected chi connectivity index (χ1v) is 51.9. The highest BCUT2D eigenvalue weighted by Crippen LogP contribution is 2.59. The van der Waals surface area contributed by atoms with Crippen LogP contribution in [0.15, 0.2) is 180 Å². The molecule has 7 heterocycles. The van der Waals surface area contributed by atoms with E-state index in [4.69, 9.17) is 65.0 Å². The minimum Gasteiger partial charge on any atom is -0.467 e. The van der Waals surface area contributed by atoms with Gasteiger partial charge in [-0.3, -0.25) is 24.3 Å². The molecule has 3 saturated heterocycles. The Kier molecular flexibility index (Phi) is 24.9. The van der Waals surface area contributed by atoms with E-state index < -0.39 is 114 Å². The lowest BCUT2D eigenvalue weighted by atomic mass is 9.88. The van der Waals surface area contributed by atoms with E-state index >= 15 is 0 Å². The van der Waals surface area contributed by atoms with Crippen molar-refractivity contribution in [3.05, 3.63) is 197 Å². The molecule has 8 atom stereocenters. The van der Waals surface area contributed by atoms with Gasteiger partial charge in [-0.15, -0.1) is 0 Å². The molecular weight excluding hydrogens is 1570 g/mol. The zero-order valence-corrected chi connectivity index (χ0v) is 73.5. The number of halogens is 3. The Labute approximate surface area is 668 Å². The summed E-state index contributed by atoms with van der Waals surface area (Å²) in [5.41, 5.74) is 0.401. The van der Waals surface area contributed by atoms with Crippen LogP contribution in [0, 0.1) is 0 Å². The van der Waals surface area contributed by atoms with E-state index in [1.165, 1.54) is 12.1 Å². The number of hydrogen-bond donors (Lipinski definition) is 1. The van der Waals surface area contributed by atoms with Gasteiger partial charge in [0.2, 0.25) is 30.1 Å². The van der Waals surface area contributed by atoms with Crippen LogP contribution in [0.5, 0.6) is 0 Å². The summed E-state index contributed by atoms with van der Waals surface area (Å²) in [5.74, 6) is 0.0477. The predicted molar refractivity (Wildman–Crippen MR) is 438 cm³/mol. The molecule has 590 valence electrons. The van der Waals surface area contributed by atoms with Crippen LogP contribution in [-0.4, -0.2) is 151 Å². The Morgan fingerprint density at radius 1 is 0.468 bits per heavy atom. The molecule has 30 heteroatoms. The van der Waals surface area contributed by atoms with Crippen LogP contribution in [0.1, 0.15) is 174 Å². The van der Waals surface area contributed by atoms with Crippen LogP contribution in [0.2, 0.25) is 69.5 Å². The minimum atomic E-state index is -3.98. The van der Waals surface area contributed by atoms with Gasteiger partial charge in [0.15, 0.2) is 25.0 Å². The first kappa shape index (κ1) is 84.9. The van der Waals surface area contributed by atoms with Crippen molar-refractivity contribution in [3.8, 4) is 0 Å². The fourth-order valence-corrected chi connectivity index (χ4v) is 25.8. The average Bonchev–Trinajstić information content (AvgIpc) is 1.66. The zero-order valence-electron chi connectivity index (χ0n) is 65.0. The molecule has 0 amide bonds. The lowest BCUT2D eigenvalue weighted by Crippen LogP contribution is -2.59. The van der Waals surface area contributed by atoms with Crippen molar-refractivity contribution in [1.82, 2.24) is 37.4 Å². The molecule has 3 aliphatic carbocycles. The van der Waals surface area contributed by atoms with Crippen molar-refractivity contribution in [2.75, 3.05) is 0 Å². The van der Waals surface area contributed by atoms with Crippen molar-refractivity contribution in [1.29, 1.82) is 0 Å². The third-order valence-electron chi connectivity index (χ3n) is 23.8. The molecule has 1 N–H and O–H groups in total. The number of aromatic nitrogens is 5. The smallest absolute Gasteiger partial charge is 0.269 e. The number of aliphatic hydroxyl groups excluding tert-OH is 1. The first-order valence-electron chi connectivity index (χ1n) is 37.3. The quantitative estimate of drug-likeness (QED) is 0.0584. The van der Waals surface area contributed by atoms with Crippen LogP contribution in [-0.2, 0) is 52.9 Å². The lowest BCUT2D eigenvalue weighted by Gasteiger charge is -2.50. The molecule has 109 heavy (non-hydrogen) atoms. The van der Waals surface area contributed by atoms with Gasteiger partial charge in [-0.25, -0.2) is 30.2 Å². The number of piperidine rings is 3. The maximum Gasteiger partial charge on any atom is 0.269 e. The Balaban J connectivity index is 0.000000163. The summed E-state index contributed by atoms with van der Waals surface area (Å²) in [6.45, 7) is 32.8. The molecule has 3 aromatic carbocycles. The number of carbonyl (C=O) groups is 1. The van der Waals surface area contributed by atoms with Gasteiger partial charge in [-0.1, -0.05) is 115 Å². The number of ketones is 1. The van der Waals surface area contributed by atoms with Gasteiger partial charge in [0, 0.05) is 90.3 Å². The van der Waals surface area contributed by atoms with Crippen LogP contribution < -0.4 is 0 Å². The van der Waals surface area contributed by atoms with Gasteiger partial charge < -0.3 is 23.1 Å². The molecule has 6 aliphatic rings. The number of Topliss-reactive ketones (excluding diaryl/α,β-unsaturated/α-hetero) is 1. The molecule has 20 nitrogen and oxygen atoms in total. The second-order valence-corrected chi connectivity index (χ2v) is 56.0. The second-order valence-electron chi connectivity index (χ2n) is 34.6. The summed E-state index contributed by atoms with van der Waals surface area (Å²) in [7, 11) is -18.5. The van der Waals surface area contributed by atoms with E-state index in [0.717, 1.165) is 49.7 Å². The Morgan fingerprint density at radius 2 is 0.807 bits per heavy atom. The molecule has 2 unspecified atom stereocenters. The normalized spacial score (nSPS) is 24.2. The monoisotopic (exact) mass is 1670 g/mol. The van der Waals surface area contributed by atoms with Crippen LogP contribution >= 0.6 is 47.0 Å². The number of imidazole rings is 1. The minimum absolute atomic E-state index is 0.0154. The number of rotatable bonds is 19. The summed E-state index contributed by atoms with van der Waals surface area (Å²) < 4.78 is 120. The second kappa shape index (κ2) is 32.0. The fourth-order valence-electron chi connectivity index (χ4n) is 14.5. The largest absolute Gasteiger partial charge is 0.467 e. The lowest BCUT2D eigenvalue weighted by molar-refractivity contribution is -0.125. The maximum absolute atomic E-state index is 14.6. The predicted octanol–water partition coefficient (Wildman–Crippen LogP) is 17.9.